The van der Waals surface area contributed by atoms with Crippen molar-refractivity contribution < 1.29 is 4.79 Å². The van der Waals surface area contributed by atoms with Crippen LogP contribution < -0.4 is 0 Å². The normalized spacial score (nSPS) is 21.3. The van der Waals surface area contributed by atoms with E-state index in [-0.39, 0.29) is 0 Å². The summed E-state index contributed by atoms with van der Waals surface area (Å²) in [5.41, 5.74) is 0.938. The van der Waals surface area contributed by atoms with Crippen molar-refractivity contribution in [2.24, 2.45) is 5.92 Å². The molecule has 1 saturated heterocycles. The Balaban J connectivity index is 1.49. The molecule has 1 aliphatic carbocycles. The van der Waals surface area contributed by atoms with Crippen LogP contribution in [0.15, 0.2) is 6.07 Å². The molecule has 0 spiro atoms. The van der Waals surface area contributed by atoms with Gasteiger partial charge in [-0.25, -0.2) is 0 Å². The molecule has 0 atom stereocenters. The maximum atomic E-state index is 12.4. The van der Waals surface area contributed by atoms with E-state index in [0.29, 0.717) is 12.3 Å². The smallest absolute Gasteiger partial charge is 0.177 e. The van der Waals surface area contributed by atoms with E-state index in [1.807, 2.05) is 6.07 Å². The van der Waals surface area contributed by atoms with Gasteiger partial charge in [-0.2, -0.15) is 0 Å². The minimum atomic E-state index is 0.294. The zero-order chi connectivity index (χ0) is 14.1. The van der Waals surface area contributed by atoms with Gasteiger partial charge < -0.3 is 4.90 Å². The van der Waals surface area contributed by atoms with Crippen LogP contribution in [0.1, 0.15) is 33.0 Å². The number of piperazine rings is 1. The Morgan fingerprint density at radius 2 is 1.85 bits per heavy atom. The van der Waals surface area contributed by atoms with Gasteiger partial charge in [0.1, 0.15) is 0 Å². The van der Waals surface area contributed by atoms with E-state index in [1.54, 1.807) is 11.3 Å². The Kier molecular flexibility index (Phi) is 4.24. The molecule has 2 fully saturated rings. The second-order valence-electron chi connectivity index (χ2n) is 6.27. The molecular weight excluding hydrogens is 268 g/mol. The summed E-state index contributed by atoms with van der Waals surface area (Å²) >= 11 is 1.73. The van der Waals surface area contributed by atoms with E-state index in [2.05, 4.69) is 23.6 Å². The number of Topliss-reactive ketones (excluding diaryl/α,β-unsaturated/α-hetero) is 1. The van der Waals surface area contributed by atoms with Crippen LogP contribution >= 0.6 is 11.3 Å². The molecule has 1 aromatic rings. The molecule has 0 radical (unpaired) electrons. The molecule has 110 valence electrons. The van der Waals surface area contributed by atoms with Gasteiger partial charge in [0.15, 0.2) is 5.78 Å². The SMILES string of the molecule is Cc1cc(C(=O)CN2CCN(CC3CC3)CC2)c(C)s1. The lowest BCUT2D eigenvalue weighted by molar-refractivity contribution is 0.0847. The van der Waals surface area contributed by atoms with Crippen LogP contribution in [0.4, 0.5) is 0 Å². The van der Waals surface area contributed by atoms with Crippen LogP contribution in [-0.4, -0.2) is 54.9 Å². The first-order valence-corrected chi connectivity index (χ1v) is 8.48. The summed E-state index contributed by atoms with van der Waals surface area (Å²) in [7, 11) is 0. The molecule has 20 heavy (non-hydrogen) atoms. The van der Waals surface area contributed by atoms with Crippen molar-refractivity contribution in [2.75, 3.05) is 39.3 Å². The number of thiophene rings is 1. The second kappa shape index (κ2) is 5.96. The minimum Gasteiger partial charge on any atom is -0.301 e. The average molecular weight is 292 g/mol. The van der Waals surface area contributed by atoms with Crippen LogP contribution in [0, 0.1) is 19.8 Å². The lowest BCUT2D eigenvalue weighted by atomic mass is 10.1. The monoisotopic (exact) mass is 292 g/mol. The number of aryl methyl sites for hydroxylation is 2. The van der Waals surface area contributed by atoms with Gasteiger partial charge in [-0.15, -0.1) is 11.3 Å². The fourth-order valence-corrected chi connectivity index (χ4v) is 3.93. The van der Waals surface area contributed by atoms with E-state index < -0.39 is 0 Å². The Morgan fingerprint density at radius 1 is 1.20 bits per heavy atom. The quantitative estimate of drug-likeness (QED) is 0.779. The van der Waals surface area contributed by atoms with Gasteiger partial charge in [0.2, 0.25) is 0 Å². The second-order valence-corrected chi connectivity index (χ2v) is 7.73. The van der Waals surface area contributed by atoms with Gasteiger partial charge in [-0.1, -0.05) is 0 Å². The van der Waals surface area contributed by atoms with E-state index in [9.17, 15) is 4.79 Å². The highest BCUT2D eigenvalue weighted by molar-refractivity contribution is 7.12. The third-order valence-electron chi connectivity index (χ3n) is 4.39. The van der Waals surface area contributed by atoms with Crippen LogP contribution in [0.3, 0.4) is 0 Å². The van der Waals surface area contributed by atoms with Crippen molar-refractivity contribution in [1.29, 1.82) is 0 Å². The number of hydrogen-bond donors (Lipinski definition) is 0. The Labute approximate surface area is 125 Å². The zero-order valence-corrected chi connectivity index (χ0v) is 13.3. The van der Waals surface area contributed by atoms with Crippen LogP contribution in [0.2, 0.25) is 0 Å². The summed E-state index contributed by atoms with van der Waals surface area (Å²) < 4.78 is 0. The summed E-state index contributed by atoms with van der Waals surface area (Å²) in [5, 5.41) is 0. The van der Waals surface area contributed by atoms with Crippen molar-refractivity contribution in [3.05, 3.63) is 21.4 Å². The number of carbonyl (C=O) groups is 1. The summed E-state index contributed by atoms with van der Waals surface area (Å²) in [6.45, 7) is 10.3. The van der Waals surface area contributed by atoms with E-state index in [4.69, 9.17) is 0 Å². The number of nitrogens with zero attached hydrogens (tertiary/aromatic N) is 2. The topological polar surface area (TPSA) is 23.6 Å². The molecule has 0 bridgehead atoms. The van der Waals surface area contributed by atoms with Crippen molar-refractivity contribution >= 4 is 17.1 Å². The molecule has 4 heteroatoms. The molecule has 0 aromatic carbocycles. The first-order chi connectivity index (χ1) is 9.61. The first kappa shape index (κ1) is 14.2. The predicted molar refractivity (Wildman–Crippen MR) is 83.7 cm³/mol. The van der Waals surface area contributed by atoms with E-state index >= 15 is 0 Å². The number of carbonyl (C=O) groups excluding carboxylic acids is 1. The Hall–Kier alpha value is -0.710. The highest BCUT2D eigenvalue weighted by Gasteiger charge is 2.27. The molecule has 1 aliphatic heterocycles. The number of ketones is 1. The Morgan fingerprint density at radius 3 is 2.40 bits per heavy atom. The summed E-state index contributed by atoms with van der Waals surface area (Å²) in [4.78, 5) is 19.7. The van der Waals surface area contributed by atoms with Crippen LogP contribution in [0.5, 0.6) is 0 Å². The molecule has 0 N–H and O–H groups in total. The molecule has 2 heterocycles. The standard InChI is InChI=1S/C16H24N2OS/c1-12-9-15(13(2)20-12)16(19)11-18-7-5-17(6-8-18)10-14-3-4-14/h9,14H,3-8,10-11H2,1-2H3. The number of hydrogen-bond acceptors (Lipinski definition) is 4. The molecule has 1 saturated carbocycles. The fourth-order valence-electron chi connectivity index (χ4n) is 2.99. The van der Waals surface area contributed by atoms with E-state index in [1.165, 1.54) is 29.1 Å². The molecule has 2 aliphatic rings. The molecule has 3 nitrogen and oxygen atoms in total. The van der Waals surface area contributed by atoms with Crippen molar-refractivity contribution in [2.45, 2.75) is 26.7 Å². The third kappa shape index (κ3) is 3.48. The predicted octanol–water partition coefficient (Wildman–Crippen LogP) is 2.58. The van der Waals surface area contributed by atoms with Crippen molar-refractivity contribution in [3.8, 4) is 0 Å². The van der Waals surface area contributed by atoms with Gasteiger partial charge in [0, 0.05) is 48.0 Å². The van der Waals surface area contributed by atoms with Crippen LogP contribution in [-0.2, 0) is 0 Å². The summed E-state index contributed by atoms with van der Waals surface area (Å²) in [6, 6.07) is 2.05. The van der Waals surface area contributed by atoms with Crippen LogP contribution in [0.25, 0.3) is 0 Å². The van der Waals surface area contributed by atoms with E-state index in [0.717, 1.165) is 37.7 Å². The highest BCUT2D eigenvalue weighted by Crippen LogP contribution is 2.30. The highest BCUT2D eigenvalue weighted by atomic mass is 32.1. The molecule has 1 aromatic heterocycles. The molecule has 0 unspecified atom stereocenters. The Bertz CT molecular complexity index is 485. The maximum absolute atomic E-state index is 12.4. The third-order valence-corrected chi connectivity index (χ3v) is 5.35. The van der Waals surface area contributed by atoms with Crippen molar-refractivity contribution in [1.82, 2.24) is 9.80 Å². The molecular formula is C16H24N2OS. The zero-order valence-electron chi connectivity index (χ0n) is 12.5. The lowest BCUT2D eigenvalue weighted by Gasteiger charge is -2.34. The molecule has 3 rings (SSSR count). The minimum absolute atomic E-state index is 0.294. The number of rotatable bonds is 5. The first-order valence-electron chi connectivity index (χ1n) is 7.67. The average Bonchev–Trinajstić information content (AvgIpc) is 3.15. The van der Waals surface area contributed by atoms with Gasteiger partial charge in [-0.3, -0.25) is 9.69 Å². The maximum Gasteiger partial charge on any atom is 0.177 e. The summed E-state index contributed by atoms with van der Waals surface area (Å²) in [5.74, 6) is 1.27. The van der Waals surface area contributed by atoms with Gasteiger partial charge in [0.05, 0.1) is 6.54 Å². The summed E-state index contributed by atoms with van der Waals surface area (Å²) in [6.07, 6.45) is 2.85. The lowest BCUT2D eigenvalue weighted by Crippen LogP contribution is -2.48. The molecule has 0 amide bonds. The van der Waals surface area contributed by atoms with Crippen molar-refractivity contribution in [3.63, 3.8) is 0 Å². The van der Waals surface area contributed by atoms with Gasteiger partial charge >= 0.3 is 0 Å². The van der Waals surface area contributed by atoms with Gasteiger partial charge in [0.25, 0.3) is 0 Å². The largest absolute Gasteiger partial charge is 0.301 e. The van der Waals surface area contributed by atoms with Gasteiger partial charge in [-0.05, 0) is 38.7 Å². The fraction of sp³-hybridized carbons (Fsp3) is 0.688.